The first-order valence-corrected chi connectivity index (χ1v) is 22.8. The van der Waals surface area contributed by atoms with Gasteiger partial charge in [0.05, 0.1) is 40.3 Å². The highest BCUT2D eigenvalue weighted by Crippen LogP contribution is 2.13. The number of hydrogen-bond acceptors (Lipinski definition) is 7. The van der Waals surface area contributed by atoms with Gasteiger partial charge < -0.3 is 28.6 Å². The van der Waals surface area contributed by atoms with Gasteiger partial charge in [0.25, 0.3) is 0 Å². The molecule has 0 spiro atoms. The number of carbonyl (C=O) groups excluding carboxylic acids is 3. The number of likely N-dealkylation sites (N-methyl/N-ethyl adjacent to an activating group) is 1. The van der Waals surface area contributed by atoms with Crippen LogP contribution in [0, 0.1) is 0 Å². The van der Waals surface area contributed by atoms with Gasteiger partial charge in [0.2, 0.25) is 0 Å². The van der Waals surface area contributed by atoms with Crippen molar-refractivity contribution in [2.45, 2.75) is 193 Å². The van der Waals surface area contributed by atoms with Crippen LogP contribution in [0.15, 0.2) is 60.8 Å². The van der Waals surface area contributed by atoms with Gasteiger partial charge in [-0.2, -0.15) is 0 Å². The highest BCUT2D eigenvalue weighted by molar-refractivity contribution is 5.70. The molecule has 0 bridgehead atoms. The third-order valence-electron chi connectivity index (χ3n) is 9.89. The van der Waals surface area contributed by atoms with Gasteiger partial charge in [-0.15, -0.1) is 0 Å². The Morgan fingerprint density at radius 3 is 1.49 bits per heavy atom. The van der Waals surface area contributed by atoms with Gasteiger partial charge in [0, 0.05) is 19.3 Å². The molecule has 0 aromatic carbocycles. The summed E-state index contributed by atoms with van der Waals surface area (Å²) in [5.74, 6) is -1.78. The zero-order valence-electron chi connectivity index (χ0n) is 37.2. The zero-order valence-corrected chi connectivity index (χ0v) is 37.2. The minimum atomic E-state index is -1.13. The van der Waals surface area contributed by atoms with Crippen LogP contribution >= 0.6 is 0 Å². The van der Waals surface area contributed by atoms with Crippen LogP contribution in [0.25, 0.3) is 0 Å². The van der Waals surface area contributed by atoms with E-state index >= 15 is 0 Å². The lowest BCUT2D eigenvalue weighted by Crippen LogP contribution is -2.55. The fourth-order valence-corrected chi connectivity index (χ4v) is 6.35. The Bertz CT molecular complexity index is 1120. The summed E-state index contributed by atoms with van der Waals surface area (Å²) in [4.78, 5) is 36.9. The number of ether oxygens (including phenoxy) is 3. The van der Waals surface area contributed by atoms with Gasteiger partial charge in [-0.1, -0.05) is 145 Å². The standard InChI is InChI=1S/C49H85NO7/c1-6-8-10-12-14-16-18-20-22-23-24-25-26-28-29-31-33-35-37-39-47(51)56-44-45(43-55-42-41-46(49(53)54)50(3,4)5)57-48(52)40-38-36-34-32-30-27-21-19-17-15-13-11-9-7-2/h8,10,14,16,20,22,24-25,27,30,45-46H,6-7,9,11-13,15,17-19,21,23,26,28-29,31-44H2,1-5H3/b10-8+,16-14+,22-20+,25-24+,30-27+. The van der Waals surface area contributed by atoms with Gasteiger partial charge in [-0.05, 0) is 77.0 Å². The smallest absolute Gasteiger partial charge is 0.306 e. The van der Waals surface area contributed by atoms with E-state index in [-0.39, 0.29) is 42.7 Å². The summed E-state index contributed by atoms with van der Waals surface area (Å²) in [7, 11) is 5.39. The van der Waals surface area contributed by atoms with Crippen molar-refractivity contribution in [3.05, 3.63) is 60.8 Å². The third kappa shape index (κ3) is 38.3. The molecule has 0 aliphatic heterocycles. The summed E-state index contributed by atoms with van der Waals surface area (Å²) in [6, 6.07) is -0.732. The summed E-state index contributed by atoms with van der Waals surface area (Å²) >= 11 is 0. The summed E-state index contributed by atoms with van der Waals surface area (Å²) in [5, 5.41) is 11.6. The summed E-state index contributed by atoms with van der Waals surface area (Å²) in [5.41, 5.74) is 0. The highest BCUT2D eigenvalue weighted by Gasteiger charge is 2.25. The van der Waals surface area contributed by atoms with Crippen molar-refractivity contribution in [3.63, 3.8) is 0 Å². The van der Waals surface area contributed by atoms with Crippen LogP contribution in [-0.2, 0) is 28.6 Å². The van der Waals surface area contributed by atoms with Gasteiger partial charge in [-0.3, -0.25) is 9.59 Å². The quantitative estimate of drug-likeness (QED) is 0.0263. The average Bonchev–Trinajstić information content (AvgIpc) is 3.17. The number of carbonyl (C=O) groups is 3. The number of rotatable bonds is 40. The molecule has 0 fully saturated rings. The van der Waals surface area contributed by atoms with Gasteiger partial charge in [0.15, 0.2) is 6.10 Å². The van der Waals surface area contributed by atoms with Crippen molar-refractivity contribution >= 4 is 17.9 Å². The maximum Gasteiger partial charge on any atom is 0.306 e. The summed E-state index contributed by atoms with van der Waals surface area (Å²) < 4.78 is 17.1. The predicted molar refractivity (Wildman–Crippen MR) is 236 cm³/mol. The number of nitrogens with zero attached hydrogens (tertiary/aromatic N) is 1. The number of allylic oxidation sites excluding steroid dienone is 10. The molecule has 8 nitrogen and oxygen atoms in total. The maximum absolute atomic E-state index is 12.7. The molecule has 0 saturated heterocycles. The Kier molecular flexibility index (Phi) is 37.8. The molecule has 57 heavy (non-hydrogen) atoms. The number of carboxylic acid groups (broad SMARTS) is 1. The lowest BCUT2D eigenvalue weighted by Gasteiger charge is -2.34. The first-order chi connectivity index (χ1) is 27.6. The molecular weight excluding hydrogens is 715 g/mol. The predicted octanol–water partition coefficient (Wildman–Crippen LogP) is 11.2. The molecule has 0 aromatic heterocycles. The number of unbranched alkanes of at least 4 members (excludes halogenated alkanes) is 16. The van der Waals surface area contributed by atoms with Gasteiger partial charge >= 0.3 is 11.9 Å². The van der Waals surface area contributed by atoms with Crippen LogP contribution < -0.4 is 5.11 Å². The van der Waals surface area contributed by atoms with E-state index in [2.05, 4.69) is 74.6 Å². The molecule has 0 aliphatic carbocycles. The molecule has 0 aromatic rings. The Morgan fingerprint density at radius 2 is 0.982 bits per heavy atom. The topological polar surface area (TPSA) is 102 Å². The fourth-order valence-electron chi connectivity index (χ4n) is 6.35. The molecule has 0 amide bonds. The molecule has 0 rings (SSSR count). The van der Waals surface area contributed by atoms with Crippen molar-refractivity contribution in [2.24, 2.45) is 0 Å². The second-order valence-corrected chi connectivity index (χ2v) is 16.3. The van der Waals surface area contributed by atoms with Crippen LogP contribution in [0.5, 0.6) is 0 Å². The van der Waals surface area contributed by atoms with Crippen LogP contribution in [0.3, 0.4) is 0 Å². The number of esters is 2. The largest absolute Gasteiger partial charge is 0.544 e. The van der Waals surface area contributed by atoms with Crippen LogP contribution in [-0.4, -0.2) is 75.5 Å². The highest BCUT2D eigenvalue weighted by atomic mass is 16.6. The average molecular weight is 800 g/mol. The molecule has 328 valence electrons. The zero-order chi connectivity index (χ0) is 42.1. The van der Waals surface area contributed by atoms with Crippen molar-refractivity contribution in [1.82, 2.24) is 0 Å². The van der Waals surface area contributed by atoms with Gasteiger partial charge in [-0.25, -0.2) is 0 Å². The lowest BCUT2D eigenvalue weighted by molar-refractivity contribution is -0.889. The molecule has 2 unspecified atom stereocenters. The van der Waals surface area contributed by atoms with E-state index in [4.69, 9.17) is 14.2 Å². The number of carboxylic acids is 1. The normalized spacial score (nSPS) is 13.5. The van der Waals surface area contributed by atoms with E-state index in [9.17, 15) is 19.5 Å². The maximum atomic E-state index is 12.7. The molecule has 0 radical (unpaired) electrons. The van der Waals surface area contributed by atoms with Crippen molar-refractivity contribution in [3.8, 4) is 0 Å². The van der Waals surface area contributed by atoms with Crippen molar-refractivity contribution in [1.29, 1.82) is 0 Å². The number of hydrogen-bond donors (Lipinski definition) is 0. The van der Waals surface area contributed by atoms with E-state index in [1.165, 1.54) is 57.8 Å². The monoisotopic (exact) mass is 800 g/mol. The molecular formula is C49H85NO7. The fraction of sp³-hybridized carbons (Fsp3) is 0.735. The molecule has 0 aliphatic rings. The van der Waals surface area contributed by atoms with Crippen LogP contribution in [0.4, 0.5) is 0 Å². The molecule has 0 heterocycles. The second-order valence-electron chi connectivity index (χ2n) is 16.3. The summed E-state index contributed by atoms with van der Waals surface area (Å²) in [6.45, 7) is 4.51. The minimum Gasteiger partial charge on any atom is -0.544 e. The molecule has 0 N–H and O–H groups in total. The van der Waals surface area contributed by atoms with Crippen molar-refractivity contribution in [2.75, 3.05) is 41.0 Å². The number of aliphatic carboxylic acids is 1. The third-order valence-corrected chi connectivity index (χ3v) is 9.89. The van der Waals surface area contributed by atoms with E-state index in [1.807, 2.05) is 0 Å². The lowest BCUT2D eigenvalue weighted by atomic mass is 10.1. The van der Waals surface area contributed by atoms with E-state index < -0.39 is 18.1 Å². The van der Waals surface area contributed by atoms with E-state index in [0.717, 1.165) is 89.9 Å². The Labute approximate surface area is 349 Å². The Morgan fingerprint density at radius 1 is 0.544 bits per heavy atom. The van der Waals surface area contributed by atoms with Crippen LogP contribution in [0.1, 0.15) is 181 Å². The Hall–Kier alpha value is -2.97. The minimum absolute atomic E-state index is 0.0282. The second kappa shape index (κ2) is 39.8. The summed E-state index contributed by atoms with van der Waals surface area (Å²) in [6.07, 6.45) is 48.1. The van der Waals surface area contributed by atoms with E-state index in [1.54, 1.807) is 21.1 Å². The Balaban J connectivity index is 4.36. The van der Waals surface area contributed by atoms with E-state index in [0.29, 0.717) is 12.8 Å². The molecule has 0 saturated carbocycles. The SMILES string of the molecule is CC/C=C/C/C=C/C/C=C/C/C=C/CCCCCCCCC(=O)OCC(COCCC(C(=O)[O-])[N+](C)(C)C)OC(=O)CCCCC/C=C/CCCCCCCCC. The van der Waals surface area contributed by atoms with Crippen molar-refractivity contribution < 1.29 is 38.2 Å². The first kappa shape index (κ1) is 54.0. The number of quaternary nitrogens is 1. The molecule has 2 atom stereocenters. The van der Waals surface area contributed by atoms with Crippen LogP contribution in [0.2, 0.25) is 0 Å². The van der Waals surface area contributed by atoms with Gasteiger partial charge in [0.1, 0.15) is 12.6 Å². The first-order valence-electron chi connectivity index (χ1n) is 22.8. The molecule has 8 heteroatoms.